The second-order valence-corrected chi connectivity index (χ2v) is 7.27. The molecule has 0 aliphatic heterocycles. The average Bonchev–Trinajstić information content (AvgIpc) is 2.92. The number of nitrogens with one attached hydrogen (secondary N) is 1. The molecular formula is C18H21N3O3S. The monoisotopic (exact) mass is 359 g/mol. The van der Waals surface area contributed by atoms with Crippen LogP contribution >= 0.6 is 11.3 Å². The van der Waals surface area contributed by atoms with Gasteiger partial charge in [-0.05, 0) is 49.8 Å². The van der Waals surface area contributed by atoms with E-state index in [9.17, 15) is 9.59 Å². The van der Waals surface area contributed by atoms with Gasteiger partial charge in [0, 0.05) is 11.1 Å². The van der Waals surface area contributed by atoms with Gasteiger partial charge >= 0.3 is 0 Å². The first-order chi connectivity index (χ1) is 12.0. The Morgan fingerprint density at radius 2 is 2.28 bits per heavy atom. The fourth-order valence-corrected chi connectivity index (χ4v) is 4.50. The topological polar surface area (TPSA) is 94.3 Å². The third-order valence-corrected chi connectivity index (χ3v) is 5.45. The number of anilines is 1. The third kappa shape index (κ3) is 3.51. The molecule has 132 valence electrons. The van der Waals surface area contributed by atoms with E-state index in [2.05, 4.69) is 17.2 Å². The van der Waals surface area contributed by atoms with Gasteiger partial charge in [-0.25, -0.2) is 4.98 Å². The largest absolute Gasteiger partial charge is 0.477 e. The SMILES string of the molecule is CCOc1ncccc1C(=O)Nc1sc2c(c1C(N)=O)CCC(C)C2. The molecule has 3 N–H and O–H groups in total. The van der Waals surface area contributed by atoms with Gasteiger partial charge < -0.3 is 15.8 Å². The van der Waals surface area contributed by atoms with Crippen LogP contribution in [0, 0.1) is 5.92 Å². The number of fused-ring (bicyclic) bond motifs is 1. The number of thiophene rings is 1. The molecule has 25 heavy (non-hydrogen) atoms. The minimum Gasteiger partial charge on any atom is -0.477 e. The zero-order valence-corrected chi connectivity index (χ0v) is 15.1. The number of hydrogen-bond acceptors (Lipinski definition) is 5. The van der Waals surface area contributed by atoms with Crippen LogP contribution in [0.2, 0.25) is 0 Å². The van der Waals surface area contributed by atoms with E-state index in [1.807, 2.05) is 6.92 Å². The van der Waals surface area contributed by atoms with Crippen LogP contribution in [0.25, 0.3) is 0 Å². The minimum atomic E-state index is -0.501. The lowest BCUT2D eigenvalue weighted by molar-refractivity contribution is 0.1000. The van der Waals surface area contributed by atoms with Gasteiger partial charge in [-0.2, -0.15) is 0 Å². The Kier molecular flexibility index (Phi) is 5.03. The number of rotatable bonds is 5. The van der Waals surface area contributed by atoms with Gasteiger partial charge in [-0.15, -0.1) is 11.3 Å². The number of amides is 2. The van der Waals surface area contributed by atoms with Gasteiger partial charge in [0.25, 0.3) is 11.8 Å². The lowest BCUT2D eigenvalue weighted by atomic mass is 9.88. The summed E-state index contributed by atoms with van der Waals surface area (Å²) in [5, 5.41) is 3.35. The lowest BCUT2D eigenvalue weighted by Crippen LogP contribution is -2.20. The molecule has 0 saturated carbocycles. The number of nitrogens with zero attached hydrogens (tertiary/aromatic N) is 1. The zero-order valence-electron chi connectivity index (χ0n) is 14.3. The quantitative estimate of drug-likeness (QED) is 0.858. The summed E-state index contributed by atoms with van der Waals surface area (Å²) in [5.74, 6) is -0.0133. The highest BCUT2D eigenvalue weighted by molar-refractivity contribution is 7.17. The van der Waals surface area contributed by atoms with Crippen molar-refractivity contribution in [1.82, 2.24) is 4.98 Å². The number of ether oxygens (including phenoxy) is 1. The van der Waals surface area contributed by atoms with Crippen LogP contribution < -0.4 is 15.8 Å². The highest BCUT2D eigenvalue weighted by Crippen LogP contribution is 2.39. The predicted molar refractivity (Wildman–Crippen MR) is 97.4 cm³/mol. The van der Waals surface area contributed by atoms with Crippen molar-refractivity contribution in [2.24, 2.45) is 11.7 Å². The molecule has 0 bridgehead atoms. The maximum absolute atomic E-state index is 12.7. The lowest BCUT2D eigenvalue weighted by Gasteiger charge is -2.18. The molecule has 1 aliphatic carbocycles. The maximum Gasteiger partial charge on any atom is 0.261 e. The standard InChI is InChI=1S/C18H21N3O3S/c1-3-24-17-12(5-4-8-20-17)16(23)21-18-14(15(19)22)11-7-6-10(2)9-13(11)25-18/h4-5,8,10H,3,6-7,9H2,1-2H3,(H2,19,22)(H,21,23). The van der Waals surface area contributed by atoms with Gasteiger partial charge in [0.05, 0.1) is 12.2 Å². The Labute approximate surface area is 150 Å². The smallest absolute Gasteiger partial charge is 0.261 e. The molecule has 1 unspecified atom stereocenters. The highest BCUT2D eigenvalue weighted by atomic mass is 32.1. The third-order valence-electron chi connectivity index (χ3n) is 4.28. The van der Waals surface area contributed by atoms with E-state index in [-0.39, 0.29) is 11.8 Å². The second kappa shape index (κ2) is 7.23. The number of nitrogens with two attached hydrogens (primary N) is 1. The number of pyridine rings is 1. The summed E-state index contributed by atoms with van der Waals surface area (Å²) in [6, 6.07) is 3.32. The molecule has 2 aromatic heterocycles. The average molecular weight is 359 g/mol. The summed E-state index contributed by atoms with van der Waals surface area (Å²) in [7, 11) is 0. The van der Waals surface area contributed by atoms with Crippen molar-refractivity contribution in [1.29, 1.82) is 0 Å². The highest BCUT2D eigenvalue weighted by Gasteiger charge is 2.27. The van der Waals surface area contributed by atoms with E-state index in [1.165, 1.54) is 11.3 Å². The van der Waals surface area contributed by atoms with Gasteiger partial charge in [0.1, 0.15) is 10.6 Å². The molecule has 2 aromatic rings. The zero-order chi connectivity index (χ0) is 18.0. The summed E-state index contributed by atoms with van der Waals surface area (Å²) < 4.78 is 5.41. The summed E-state index contributed by atoms with van der Waals surface area (Å²) >= 11 is 1.44. The number of aromatic nitrogens is 1. The van der Waals surface area contributed by atoms with Crippen LogP contribution in [0.15, 0.2) is 18.3 Å². The van der Waals surface area contributed by atoms with Crippen LogP contribution in [0.5, 0.6) is 5.88 Å². The Morgan fingerprint density at radius 3 is 3.00 bits per heavy atom. The fourth-order valence-electron chi connectivity index (χ4n) is 3.09. The molecule has 1 aliphatic rings. The molecule has 0 saturated heterocycles. The van der Waals surface area contributed by atoms with Crippen molar-refractivity contribution in [3.05, 3.63) is 39.9 Å². The Hall–Kier alpha value is -2.41. The van der Waals surface area contributed by atoms with Crippen LogP contribution in [-0.2, 0) is 12.8 Å². The van der Waals surface area contributed by atoms with E-state index >= 15 is 0 Å². The van der Waals surface area contributed by atoms with Crippen LogP contribution in [0.1, 0.15) is 51.4 Å². The molecule has 0 radical (unpaired) electrons. The summed E-state index contributed by atoms with van der Waals surface area (Å²) in [6.45, 7) is 4.43. The van der Waals surface area contributed by atoms with Crippen LogP contribution in [0.4, 0.5) is 5.00 Å². The normalized spacial score (nSPS) is 16.2. The Bertz CT molecular complexity index is 816. The fraction of sp³-hybridized carbons (Fsp3) is 0.389. The predicted octanol–water partition coefficient (Wildman–Crippen LogP) is 3.02. The van der Waals surface area contributed by atoms with Crippen LogP contribution in [0.3, 0.4) is 0 Å². The molecule has 3 rings (SSSR count). The first kappa shape index (κ1) is 17.4. The van der Waals surface area contributed by atoms with E-state index in [1.54, 1.807) is 18.3 Å². The van der Waals surface area contributed by atoms with Gasteiger partial charge in [0.2, 0.25) is 5.88 Å². The van der Waals surface area contributed by atoms with Crippen molar-refractivity contribution < 1.29 is 14.3 Å². The number of hydrogen-bond donors (Lipinski definition) is 2. The van der Waals surface area contributed by atoms with Gasteiger partial charge in [-0.3, -0.25) is 9.59 Å². The summed E-state index contributed by atoms with van der Waals surface area (Å²) in [4.78, 5) is 29.9. The van der Waals surface area contributed by atoms with E-state index in [0.29, 0.717) is 28.7 Å². The molecule has 1 atom stereocenters. The molecule has 2 heterocycles. The molecule has 0 spiro atoms. The Balaban J connectivity index is 1.93. The summed E-state index contributed by atoms with van der Waals surface area (Å²) in [6.07, 6.45) is 4.32. The molecule has 2 amide bonds. The van der Waals surface area contributed by atoms with E-state index in [0.717, 1.165) is 29.7 Å². The van der Waals surface area contributed by atoms with Crippen molar-refractivity contribution >= 4 is 28.2 Å². The molecule has 0 fully saturated rings. The van der Waals surface area contributed by atoms with Crippen molar-refractivity contribution in [2.75, 3.05) is 11.9 Å². The maximum atomic E-state index is 12.7. The van der Waals surface area contributed by atoms with Crippen molar-refractivity contribution in [2.45, 2.75) is 33.1 Å². The van der Waals surface area contributed by atoms with Gasteiger partial charge in [-0.1, -0.05) is 6.92 Å². The van der Waals surface area contributed by atoms with E-state index in [4.69, 9.17) is 10.5 Å². The van der Waals surface area contributed by atoms with Gasteiger partial charge in [0.15, 0.2) is 0 Å². The first-order valence-electron chi connectivity index (χ1n) is 8.34. The summed E-state index contributed by atoms with van der Waals surface area (Å²) in [5.41, 5.74) is 7.36. The van der Waals surface area contributed by atoms with Crippen molar-refractivity contribution in [3.63, 3.8) is 0 Å². The number of carbonyl (C=O) groups excluding carboxylic acids is 2. The second-order valence-electron chi connectivity index (χ2n) is 6.16. The first-order valence-corrected chi connectivity index (χ1v) is 9.16. The molecule has 7 heteroatoms. The van der Waals surface area contributed by atoms with E-state index < -0.39 is 5.91 Å². The molecule has 0 aromatic carbocycles. The molecular weight excluding hydrogens is 338 g/mol. The van der Waals surface area contributed by atoms with Crippen molar-refractivity contribution in [3.8, 4) is 5.88 Å². The molecule has 6 nitrogen and oxygen atoms in total. The van der Waals surface area contributed by atoms with Crippen LogP contribution in [-0.4, -0.2) is 23.4 Å². The minimum absolute atomic E-state index is 0.276. The number of primary amides is 1. The Morgan fingerprint density at radius 1 is 1.48 bits per heavy atom. The number of carbonyl (C=O) groups is 2.